The highest BCUT2D eigenvalue weighted by Crippen LogP contribution is 2.28. The maximum absolute atomic E-state index is 11.5. The molecule has 0 aliphatic heterocycles. The molecule has 0 aromatic heterocycles. The predicted molar refractivity (Wildman–Crippen MR) is 69.5 cm³/mol. The molecule has 18 heavy (non-hydrogen) atoms. The first-order valence-corrected chi connectivity index (χ1v) is 6.15. The molecule has 0 saturated carbocycles. The molecule has 1 aromatic carbocycles. The van der Waals surface area contributed by atoms with Gasteiger partial charge in [-0.05, 0) is 24.6 Å². The minimum absolute atomic E-state index is 0.00457. The van der Waals surface area contributed by atoms with Crippen LogP contribution in [0.15, 0.2) is 39.9 Å². The van der Waals surface area contributed by atoms with E-state index < -0.39 is 0 Å². The van der Waals surface area contributed by atoms with E-state index in [1.807, 2.05) is 0 Å². The molecule has 94 valence electrons. The van der Waals surface area contributed by atoms with Gasteiger partial charge < -0.3 is 5.11 Å². The number of ketones is 1. The zero-order valence-corrected chi connectivity index (χ0v) is 10.9. The largest absolute Gasteiger partial charge is 0.510 e. The molecule has 6 heteroatoms. The highest BCUT2D eigenvalue weighted by Gasteiger charge is 2.20. The van der Waals surface area contributed by atoms with Crippen molar-refractivity contribution in [2.45, 2.75) is 19.3 Å². The number of nitrogens with zero attached hydrogens (tertiary/aromatic N) is 2. The molecule has 0 spiro atoms. The number of azo groups is 1. The summed E-state index contributed by atoms with van der Waals surface area (Å²) in [5.74, 6) is -0.197. The summed E-state index contributed by atoms with van der Waals surface area (Å²) in [5, 5.41) is 18.0. The topological polar surface area (TPSA) is 62.0 Å². The zero-order chi connectivity index (χ0) is 13.1. The number of carbonyl (C=O) groups excluding carboxylic acids is 1. The number of allylic oxidation sites excluding steroid dienone is 2. The summed E-state index contributed by atoms with van der Waals surface area (Å²) >= 11 is 11.6. The van der Waals surface area contributed by atoms with Crippen molar-refractivity contribution >= 4 is 34.7 Å². The van der Waals surface area contributed by atoms with Crippen LogP contribution in [-0.2, 0) is 4.79 Å². The van der Waals surface area contributed by atoms with Crippen LogP contribution in [0, 0.1) is 0 Å². The summed E-state index contributed by atoms with van der Waals surface area (Å²) in [5.41, 5.74) is 0.510. The number of hydrogen-bond donors (Lipinski definition) is 1. The Hall–Kier alpha value is -1.39. The molecule has 0 heterocycles. The lowest BCUT2D eigenvalue weighted by Gasteiger charge is -2.09. The van der Waals surface area contributed by atoms with Crippen molar-refractivity contribution in [2.24, 2.45) is 10.2 Å². The van der Waals surface area contributed by atoms with Gasteiger partial charge in [0.1, 0.15) is 5.76 Å². The van der Waals surface area contributed by atoms with Crippen LogP contribution in [0.3, 0.4) is 0 Å². The van der Waals surface area contributed by atoms with Gasteiger partial charge in [-0.15, -0.1) is 5.11 Å². The van der Waals surface area contributed by atoms with E-state index in [1.165, 1.54) is 6.07 Å². The first-order chi connectivity index (χ1) is 8.58. The van der Waals surface area contributed by atoms with Gasteiger partial charge >= 0.3 is 0 Å². The maximum atomic E-state index is 11.5. The van der Waals surface area contributed by atoms with Crippen LogP contribution < -0.4 is 0 Å². The molecular weight excluding hydrogens is 275 g/mol. The van der Waals surface area contributed by atoms with Crippen molar-refractivity contribution in [3.63, 3.8) is 0 Å². The monoisotopic (exact) mass is 284 g/mol. The van der Waals surface area contributed by atoms with E-state index in [2.05, 4.69) is 10.2 Å². The van der Waals surface area contributed by atoms with E-state index in [4.69, 9.17) is 23.2 Å². The van der Waals surface area contributed by atoms with E-state index in [-0.39, 0.29) is 17.2 Å². The molecule has 0 bridgehead atoms. The molecule has 0 unspecified atom stereocenters. The smallest absolute Gasteiger partial charge is 0.186 e. The Kier molecular flexibility index (Phi) is 3.99. The Morgan fingerprint density at radius 1 is 1.11 bits per heavy atom. The first-order valence-electron chi connectivity index (χ1n) is 5.40. The van der Waals surface area contributed by atoms with Crippen LogP contribution in [0.1, 0.15) is 19.3 Å². The quantitative estimate of drug-likeness (QED) is 0.807. The van der Waals surface area contributed by atoms with Crippen LogP contribution in [0.4, 0.5) is 5.69 Å². The number of hydrogen-bond acceptors (Lipinski definition) is 4. The van der Waals surface area contributed by atoms with Gasteiger partial charge in [0.05, 0.1) is 15.7 Å². The number of halogens is 2. The minimum atomic E-state index is -0.192. The molecule has 1 aliphatic carbocycles. The molecule has 2 rings (SSSR count). The van der Waals surface area contributed by atoms with E-state index in [0.29, 0.717) is 35.0 Å². The van der Waals surface area contributed by atoms with Gasteiger partial charge in [0.2, 0.25) is 0 Å². The summed E-state index contributed by atoms with van der Waals surface area (Å²) in [6, 6.07) is 4.76. The number of carbonyl (C=O) groups is 1. The molecule has 0 amide bonds. The Balaban J connectivity index is 2.25. The van der Waals surface area contributed by atoms with Gasteiger partial charge in [-0.25, -0.2) is 0 Å². The number of Topliss-reactive ketones (excluding diaryl/α,β-unsaturated/α-hetero) is 1. The van der Waals surface area contributed by atoms with Crippen LogP contribution in [-0.4, -0.2) is 10.9 Å². The van der Waals surface area contributed by atoms with E-state index in [1.54, 1.807) is 12.1 Å². The molecule has 0 saturated heterocycles. The fraction of sp³-hybridized carbons (Fsp3) is 0.250. The lowest BCUT2D eigenvalue weighted by atomic mass is 10.0. The second-order valence-corrected chi connectivity index (χ2v) is 4.68. The number of rotatable bonds is 2. The molecule has 0 atom stereocenters. The molecule has 0 fully saturated rings. The average Bonchev–Trinajstić information content (AvgIpc) is 2.33. The van der Waals surface area contributed by atoms with Crippen molar-refractivity contribution < 1.29 is 9.90 Å². The maximum Gasteiger partial charge on any atom is 0.186 e. The molecular formula is C12H10Cl2N2O2. The average molecular weight is 285 g/mol. The molecule has 4 nitrogen and oxygen atoms in total. The third-order valence-corrected chi connectivity index (χ3v) is 3.26. The third-order valence-electron chi connectivity index (χ3n) is 2.52. The summed E-state index contributed by atoms with van der Waals surface area (Å²) in [6.45, 7) is 0. The minimum Gasteiger partial charge on any atom is -0.510 e. The second-order valence-electron chi connectivity index (χ2n) is 3.87. The predicted octanol–water partition coefficient (Wildman–Crippen LogP) is 4.60. The van der Waals surface area contributed by atoms with Crippen LogP contribution >= 0.6 is 23.2 Å². The highest BCUT2D eigenvalue weighted by molar-refractivity contribution is 6.42. The fourth-order valence-electron chi connectivity index (χ4n) is 1.58. The lowest BCUT2D eigenvalue weighted by molar-refractivity contribution is -0.116. The van der Waals surface area contributed by atoms with Gasteiger partial charge in [0, 0.05) is 12.8 Å². The molecule has 1 N–H and O–H groups in total. The van der Waals surface area contributed by atoms with Crippen molar-refractivity contribution in [3.8, 4) is 0 Å². The Bertz CT molecular complexity index is 553. The van der Waals surface area contributed by atoms with E-state index in [0.717, 1.165) is 0 Å². The van der Waals surface area contributed by atoms with Crippen LogP contribution in [0.25, 0.3) is 0 Å². The van der Waals surface area contributed by atoms with E-state index in [9.17, 15) is 9.90 Å². The van der Waals surface area contributed by atoms with Crippen molar-refractivity contribution in [2.75, 3.05) is 0 Å². The molecule has 0 radical (unpaired) electrons. The summed E-state index contributed by atoms with van der Waals surface area (Å²) in [7, 11) is 0. The lowest BCUT2D eigenvalue weighted by Crippen LogP contribution is -2.09. The molecule has 1 aliphatic rings. The van der Waals surface area contributed by atoms with Crippen LogP contribution in [0.2, 0.25) is 10.0 Å². The summed E-state index contributed by atoms with van der Waals surface area (Å²) in [4.78, 5) is 11.5. The Morgan fingerprint density at radius 3 is 2.56 bits per heavy atom. The number of benzene rings is 1. The zero-order valence-electron chi connectivity index (χ0n) is 9.36. The summed E-state index contributed by atoms with van der Waals surface area (Å²) in [6.07, 6.45) is 1.50. The van der Waals surface area contributed by atoms with E-state index >= 15 is 0 Å². The Morgan fingerprint density at radius 2 is 1.89 bits per heavy atom. The van der Waals surface area contributed by atoms with Gasteiger partial charge in [0.25, 0.3) is 0 Å². The van der Waals surface area contributed by atoms with Gasteiger partial charge in [-0.1, -0.05) is 23.2 Å². The van der Waals surface area contributed by atoms with Crippen molar-refractivity contribution in [1.29, 1.82) is 0 Å². The highest BCUT2D eigenvalue weighted by atomic mass is 35.5. The third kappa shape index (κ3) is 2.89. The fourth-order valence-corrected chi connectivity index (χ4v) is 1.87. The first kappa shape index (κ1) is 13.1. The summed E-state index contributed by atoms with van der Waals surface area (Å²) < 4.78 is 0. The standard InChI is InChI=1S/C12H10Cl2N2O2/c13-8-5-4-7(6-9(8)14)15-16-12-10(17)2-1-3-11(12)18/h4-6,17H,1-3H2. The molecule has 1 aromatic rings. The number of aliphatic hydroxyl groups is 1. The van der Waals surface area contributed by atoms with Gasteiger partial charge in [-0.2, -0.15) is 5.11 Å². The number of aliphatic hydroxyl groups excluding tert-OH is 1. The van der Waals surface area contributed by atoms with Gasteiger partial charge in [-0.3, -0.25) is 4.79 Å². The van der Waals surface area contributed by atoms with Crippen molar-refractivity contribution in [1.82, 2.24) is 0 Å². The van der Waals surface area contributed by atoms with Gasteiger partial charge in [0.15, 0.2) is 11.5 Å². The van der Waals surface area contributed by atoms with Crippen LogP contribution in [0.5, 0.6) is 0 Å². The Labute approximate surface area is 114 Å². The normalized spacial score (nSPS) is 16.7. The second kappa shape index (κ2) is 5.50. The van der Waals surface area contributed by atoms with Crippen molar-refractivity contribution in [3.05, 3.63) is 39.7 Å². The SMILES string of the molecule is O=C1CCCC(O)=C1N=Nc1ccc(Cl)c(Cl)c1.